The van der Waals surface area contributed by atoms with Gasteiger partial charge in [-0.25, -0.2) is 4.39 Å². The highest BCUT2D eigenvalue weighted by atomic mass is 35.5. The maximum Gasteiger partial charge on any atom is 0.255 e. The first-order valence-electron chi connectivity index (χ1n) is 11.0. The van der Waals surface area contributed by atoms with Gasteiger partial charge in [0.25, 0.3) is 5.91 Å². The number of nitrogens with two attached hydrogens (primary N) is 2. The molecule has 0 saturated carbocycles. The van der Waals surface area contributed by atoms with Crippen molar-refractivity contribution in [3.8, 4) is 0 Å². The molecule has 0 aromatic heterocycles. The molecular weight excluding hydrogens is 477 g/mol. The first kappa shape index (κ1) is 26.2. The maximum absolute atomic E-state index is 13.0. The molecule has 0 saturated heterocycles. The zero-order valence-corrected chi connectivity index (χ0v) is 20.3. The van der Waals surface area contributed by atoms with Gasteiger partial charge in [0.2, 0.25) is 5.91 Å². The van der Waals surface area contributed by atoms with Crippen LogP contribution in [0.4, 0.5) is 15.8 Å². The number of benzene rings is 4. The minimum atomic E-state index is -0.563. The standard InChI is InChI=1S/C15H11ClFNO.C14H14N2O/c16-14-9-12(17)7-6-11(14)8-13(15(18)19)10-4-2-1-3-5-10;1-10-6-8-11(9-7-10)14(17)16-13-5-3-2-4-12(13)15/h1-9H,(H2,18,19);2-9H,15H2,1H3,(H,16,17)/b13-8+;. The van der Waals surface area contributed by atoms with E-state index >= 15 is 0 Å². The van der Waals surface area contributed by atoms with Crippen LogP contribution in [0.15, 0.2) is 97.1 Å². The van der Waals surface area contributed by atoms with Crippen LogP contribution in [0.5, 0.6) is 0 Å². The Kier molecular flexibility index (Phi) is 8.97. The number of amides is 2. The molecule has 0 radical (unpaired) electrons. The van der Waals surface area contributed by atoms with Gasteiger partial charge in [-0.15, -0.1) is 0 Å². The lowest BCUT2D eigenvalue weighted by atomic mass is 10.0. The molecule has 0 fully saturated rings. The lowest BCUT2D eigenvalue weighted by Gasteiger charge is -2.07. The summed E-state index contributed by atoms with van der Waals surface area (Å²) in [6, 6.07) is 27.6. The Morgan fingerprint density at radius 2 is 1.50 bits per heavy atom. The molecule has 2 amide bonds. The molecule has 4 aromatic carbocycles. The molecule has 0 bridgehead atoms. The van der Waals surface area contributed by atoms with Gasteiger partial charge in [0, 0.05) is 11.1 Å². The summed E-state index contributed by atoms with van der Waals surface area (Å²) in [4.78, 5) is 23.4. The highest BCUT2D eigenvalue weighted by molar-refractivity contribution is 6.33. The fraction of sp³-hybridized carbons (Fsp3) is 0.0345. The Bertz CT molecular complexity index is 1390. The molecule has 5 N–H and O–H groups in total. The number of aryl methyl sites for hydroxylation is 1. The predicted octanol–water partition coefficient (Wildman–Crippen LogP) is 6.33. The van der Waals surface area contributed by atoms with Gasteiger partial charge in [0.1, 0.15) is 5.82 Å². The highest BCUT2D eigenvalue weighted by Crippen LogP contribution is 2.24. The number of rotatable bonds is 5. The van der Waals surface area contributed by atoms with Crippen LogP contribution in [-0.2, 0) is 4.79 Å². The third-order valence-electron chi connectivity index (χ3n) is 5.14. The van der Waals surface area contributed by atoms with E-state index < -0.39 is 11.7 Å². The van der Waals surface area contributed by atoms with Crippen LogP contribution in [0.3, 0.4) is 0 Å². The summed E-state index contributed by atoms with van der Waals surface area (Å²) in [5.74, 6) is -1.14. The first-order valence-corrected chi connectivity index (χ1v) is 11.4. The number of halogens is 2. The van der Waals surface area contributed by atoms with Crippen molar-refractivity contribution in [3.05, 3.63) is 130 Å². The highest BCUT2D eigenvalue weighted by Gasteiger charge is 2.10. The summed E-state index contributed by atoms with van der Waals surface area (Å²) in [6.45, 7) is 1.98. The fourth-order valence-electron chi connectivity index (χ4n) is 3.20. The third kappa shape index (κ3) is 7.29. The molecule has 0 atom stereocenters. The van der Waals surface area contributed by atoms with E-state index in [1.54, 1.807) is 54.6 Å². The Labute approximate surface area is 214 Å². The fourth-order valence-corrected chi connectivity index (χ4v) is 3.42. The second-order valence-electron chi connectivity index (χ2n) is 7.86. The van der Waals surface area contributed by atoms with Crippen LogP contribution in [-0.4, -0.2) is 11.8 Å². The van der Waals surface area contributed by atoms with Gasteiger partial charge in [-0.3, -0.25) is 9.59 Å². The van der Waals surface area contributed by atoms with Gasteiger partial charge in [-0.1, -0.05) is 77.8 Å². The molecule has 0 aliphatic heterocycles. The lowest BCUT2D eigenvalue weighted by molar-refractivity contribution is -0.112. The van der Waals surface area contributed by atoms with Gasteiger partial charge in [0.15, 0.2) is 0 Å². The number of nitrogen functional groups attached to an aromatic ring is 1. The van der Waals surface area contributed by atoms with Crippen molar-refractivity contribution >= 4 is 46.4 Å². The smallest absolute Gasteiger partial charge is 0.255 e. The van der Waals surface area contributed by atoms with E-state index in [2.05, 4.69) is 5.32 Å². The first-order chi connectivity index (χ1) is 17.2. The number of hydrogen-bond donors (Lipinski definition) is 3. The summed E-state index contributed by atoms with van der Waals surface area (Å²) < 4.78 is 13.0. The number of nitrogens with one attached hydrogen (secondary N) is 1. The number of carbonyl (C=O) groups is 2. The van der Waals surface area contributed by atoms with E-state index in [0.717, 1.165) is 5.56 Å². The Hall–Kier alpha value is -4.42. The van der Waals surface area contributed by atoms with Crippen LogP contribution in [0.25, 0.3) is 11.6 Å². The second kappa shape index (κ2) is 12.3. The number of primary amides is 1. The topological polar surface area (TPSA) is 98.2 Å². The van der Waals surface area contributed by atoms with Crippen molar-refractivity contribution in [3.63, 3.8) is 0 Å². The molecule has 7 heteroatoms. The largest absolute Gasteiger partial charge is 0.397 e. The zero-order valence-electron chi connectivity index (χ0n) is 19.5. The van der Waals surface area contributed by atoms with Crippen LogP contribution in [0.2, 0.25) is 5.02 Å². The van der Waals surface area contributed by atoms with Crippen molar-refractivity contribution in [2.24, 2.45) is 5.73 Å². The van der Waals surface area contributed by atoms with Gasteiger partial charge in [0.05, 0.1) is 16.4 Å². The molecule has 0 aliphatic rings. The summed E-state index contributed by atoms with van der Waals surface area (Å²) >= 11 is 5.93. The third-order valence-corrected chi connectivity index (χ3v) is 5.46. The van der Waals surface area contributed by atoms with E-state index in [-0.39, 0.29) is 10.9 Å². The van der Waals surface area contributed by atoms with Crippen LogP contribution in [0, 0.1) is 12.7 Å². The number of hydrogen-bond acceptors (Lipinski definition) is 3. The van der Waals surface area contributed by atoms with Gasteiger partial charge in [-0.2, -0.15) is 0 Å². The van der Waals surface area contributed by atoms with Crippen LogP contribution >= 0.6 is 11.6 Å². The molecule has 4 rings (SSSR count). The Morgan fingerprint density at radius 3 is 2.11 bits per heavy atom. The van der Waals surface area contributed by atoms with Crippen molar-refractivity contribution in [2.45, 2.75) is 6.92 Å². The van der Waals surface area contributed by atoms with E-state index in [9.17, 15) is 14.0 Å². The number of para-hydroxylation sites is 2. The van der Waals surface area contributed by atoms with Crippen molar-refractivity contribution in [2.75, 3.05) is 11.1 Å². The SMILES string of the molecule is Cc1ccc(C(=O)Nc2ccccc2N)cc1.NC(=O)/C(=C/c1ccc(F)cc1Cl)c1ccccc1. The monoisotopic (exact) mass is 501 g/mol. The number of anilines is 2. The zero-order chi connectivity index (χ0) is 26.1. The molecule has 0 heterocycles. The van der Waals surface area contributed by atoms with Gasteiger partial charge < -0.3 is 16.8 Å². The number of carbonyl (C=O) groups excluding carboxylic acids is 2. The molecule has 36 heavy (non-hydrogen) atoms. The second-order valence-corrected chi connectivity index (χ2v) is 8.27. The summed E-state index contributed by atoms with van der Waals surface area (Å²) in [6.07, 6.45) is 1.56. The van der Waals surface area contributed by atoms with E-state index in [0.29, 0.717) is 33.6 Å². The van der Waals surface area contributed by atoms with Gasteiger partial charge in [-0.05, 0) is 60.5 Å². The average Bonchev–Trinajstić information content (AvgIpc) is 2.86. The van der Waals surface area contributed by atoms with E-state index in [1.807, 2.05) is 37.3 Å². The molecule has 5 nitrogen and oxygen atoms in total. The lowest BCUT2D eigenvalue weighted by Crippen LogP contribution is -2.12. The van der Waals surface area contributed by atoms with Crippen LogP contribution in [0.1, 0.15) is 27.0 Å². The van der Waals surface area contributed by atoms with Crippen molar-refractivity contribution in [1.82, 2.24) is 0 Å². The predicted molar refractivity (Wildman–Crippen MR) is 145 cm³/mol. The molecule has 182 valence electrons. The minimum Gasteiger partial charge on any atom is -0.397 e. The summed E-state index contributed by atoms with van der Waals surface area (Å²) in [5.41, 5.74) is 15.6. The Morgan fingerprint density at radius 1 is 0.861 bits per heavy atom. The average molecular weight is 502 g/mol. The van der Waals surface area contributed by atoms with E-state index in [4.69, 9.17) is 23.1 Å². The molecule has 4 aromatic rings. The molecule has 0 unspecified atom stereocenters. The Balaban J connectivity index is 0.000000202. The molecular formula is C29H25ClFN3O2. The molecule has 0 spiro atoms. The summed E-state index contributed by atoms with van der Waals surface area (Å²) in [5, 5.41) is 3.01. The van der Waals surface area contributed by atoms with Crippen molar-refractivity contribution in [1.29, 1.82) is 0 Å². The van der Waals surface area contributed by atoms with Crippen molar-refractivity contribution < 1.29 is 14.0 Å². The summed E-state index contributed by atoms with van der Waals surface area (Å²) in [7, 11) is 0. The normalized spacial score (nSPS) is 10.7. The van der Waals surface area contributed by atoms with E-state index in [1.165, 1.54) is 18.2 Å². The van der Waals surface area contributed by atoms with Crippen LogP contribution < -0.4 is 16.8 Å². The molecule has 0 aliphatic carbocycles. The van der Waals surface area contributed by atoms with Gasteiger partial charge >= 0.3 is 0 Å². The maximum atomic E-state index is 13.0. The quantitative estimate of drug-likeness (QED) is 0.169. The minimum absolute atomic E-state index is 0.150.